The van der Waals surface area contributed by atoms with Crippen molar-refractivity contribution in [3.8, 4) is 5.75 Å². The molecule has 2 amide bonds. The number of hydrogen-bond donors (Lipinski definition) is 1. The Kier molecular flexibility index (Phi) is 6.11. The first-order chi connectivity index (χ1) is 13.0. The third-order valence-electron chi connectivity index (χ3n) is 4.83. The van der Waals surface area contributed by atoms with Crippen LogP contribution in [0.3, 0.4) is 0 Å². The van der Waals surface area contributed by atoms with Crippen LogP contribution in [0, 0.1) is 6.92 Å². The Morgan fingerprint density at radius 3 is 2.56 bits per heavy atom. The number of benzene rings is 1. The van der Waals surface area contributed by atoms with Gasteiger partial charge in [-0.2, -0.15) is 0 Å². The van der Waals surface area contributed by atoms with Crippen molar-refractivity contribution >= 4 is 11.8 Å². The third kappa shape index (κ3) is 5.09. The summed E-state index contributed by atoms with van der Waals surface area (Å²) in [5.74, 6) is 1.35. The second kappa shape index (κ2) is 8.70. The highest BCUT2D eigenvalue weighted by Crippen LogP contribution is 2.16. The largest absolute Gasteiger partial charge is 0.497 e. The van der Waals surface area contributed by atoms with E-state index in [1.54, 1.807) is 20.1 Å². The highest BCUT2D eigenvalue weighted by Gasteiger charge is 2.24. The number of methoxy groups -OCH3 is 1. The van der Waals surface area contributed by atoms with Gasteiger partial charge in [0.2, 0.25) is 5.91 Å². The molecule has 0 spiro atoms. The monoisotopic (exact) mass is 371 g/mol. The highest BCUT2D eigenvalue weighted by molar-refractivity contribution is 5.92. The number of amides is 2. The summed E-state index contributed by atoms with van der Waals surface area (Å²) in [6.45, 7) is 3.06. The van der Waals surface area contributed by atoms with E-state index in [0.29, 0.717) is 37.4 Å². The Morgan fingerprint density at radius 1 is 1.26 bits per heavy atom. The molecule has 1 aromatic heterocycles. The molecule has 1 aliphatic heterocycles. The smallest absolute Gasteiger partial charge is 0.273 e. The topological polar surface area (TPSA) is 84.7 Å². The van der Waals surface area contributed by atoms with Crippen LogP contribution in [0.1, 0.15) is 41.1 Å². The number of hydrogen-bond acceptors (Lipinski definition) is 5. The number of ether oxygens (including phenoxy) is 1. The molecule has 1 N–H and O–H groups in total. The van der Waals surface area contributed by atoms with Gasteiger partial charge in [-0.1, -0.05) is 17.3 Å². The summed E-state index contributed by atoms with van der Waals surface area (Å²) in [7, 11) is 1.64. The Morgan fingerprint density at radius 2 is 1.96 bits per heavy atom. The third-order valence-corrected chi connectivity index (χ3v) is 4.83. The van der Waals surface area contributed by atoms with E-state index in [1.807, 2.05) is 29.2 Å². The van der Waals surface area contributed by atoms with Gasteiger partial charge < -0.3 is 19.5 Å². The molecule has 7 nitrogen and oxygen atoms in total. The molecule has 0 bridgehead atoms. The first-order valence-electron chi connectivity index (χ1n) is 9.20. The van der Waals surface area contributed by atoms with Crippen LogP contribution in [0.2, 0.25) is 0 Å². The number of rotatable bonds is 6. The van der Waals surface area contributed by atoms with E-state index < -0.39 is 0 Å². The number of carbonyl (C=O) groups excluding carboxylic acids is 2. The van der Waals surface area contributed by atoms with Gasteiger partial charge >= 0.3 is 0 Å². The van der Waals surface area contributed by atoms with E-state index in [-0.39, 0.29) is 17.9 Å². The van der Waals surface area contributed by atoms with Gasteiger partial charge in [0.1, 0.15) is 11.5 Å². The van der Waals surface area contributed by atoms with Crippen LogP contribution in [-0.2, 0) is 11.2 Å². The summed E-state index contributed by atoms with van der Waals surface area (Å²) in [5.41, 5.74) is 1.42. The molecule has 0 aliphatic carbocycles. The highest BCUT2D eigenvalue weighted by atomic mass is 16.5. The standard InChI is InChI=1S/C20H25N3O4/c1-14-13-18(22-27-14)20(25)21-16-9-11-23(12-10-16)19(24)8-5-15-3-6-17(26-2)7-4-15/h3-4,6-7,13,16H,5,8-12H2,1-2H3,(H,21,25). The second-order valence-electron chi connectivity index (χ2n) is 6.80. The quantitative estimate of drug-likeness (QED) is 0.843. The Balaban J connectivity index is 1.41. The van der Waals surface area contributed by atoms with Crippen LogP contribution >= 0.6 is 0 Å². The minimum atomic E-state index is -0.226. The summed E-state index contributed by atoms with van der Waals surface area (Å²) >= 11 is 0. The SMILES string of the molecule is COc1ccc(CCC(=O)N2CCC(NC(=O)c3cc(C)on3)CC2)cc1. The van der Waals surface area contributed by atoms with E-state index in [9.17, 15) is 9.59 Å². The zero-order valence-corrected chi connectivity index (χ0v) is 15.7. The van der Waals surface area contributed by atoms with Crippen LogP contribution in [0.5, 0.6) is 5.75 Å². The number of nitrogens with one attached hydrogen (secondary N) is 1. The van der Waals surface area contributed by atoms with E-state index >= 15 is 0 Å². The van der Waals surface area contributed by atoms with Crippen molar-refractivity contribution in [3.63, 3.8) is 0 Å². The van der Waals surface area contributed by atoms with Crippen LogP contribution in [-0.4, -0.2) is 48.1 Å². The fourth-order valence-electron chi connectivity index (χ4n) is 3.21. The number of aromatic nitrogens is 1. The van der Waals surface area contributed by atoms with E-state index in [1.165, 1.54) is 0 Å². The number of nitrogens with zero attached hydrogens (tertiary/aromatic N) is 2. The number of aryl methyl sites for hydroxylation is 2. The maximum absolute atomic E-state index is 12.4. The molecule has 2 aromatic rings. The Hall–Kier alpha value is -2.83. The van der Waals surface area contributed by atoms with E-state index in [4.69, 9.17) is 9.26 Å². The maximum atomic E-state index is 12.4. The molecule has 144 valence electrons. The summed E-state index contributed by atoms with van der Waals surface area (Å²) in [6, 6.07) is 9.46. The molecular weight excluding hydrogens is 346 g/mol. The van der Waals surface area contributed by atoms with Crippen molar-refractivity contribution in [1.82, 2.24) is 15.4 Å². The lowest BCUT2D eigenvalue weighted by molar-refractivity contribution is -0.132. The lowest BCUT2D eigenvalue weighted by Gasteiger charge is -2.32. The molecule has 0 saturated carbocycles. The van der Waals surface area contributed by atoms with Gasteiger partial charge in [-0.15, -0.1) is 0 Å². The van der Waals surface area contributed by atoms with Crippen molar-refractivity contribution in [3.05, 3.63) is 47.3 Å². The maximum Gasteiger partial charge on any atom is 0.273 e. The first kappa shape index (κ1) is 18.9. The molecule has 7 heteroatoms. The van der Waals surface area contributed by atoms with Gasteiger partial charge in [0.05, 0.1) is 7.11 Å². The predicted molar refractivity (Wildman–Crippen MR) is 99.6 cm³/mol. The first-order valence-corrected chi connectivity index (χ1v) is 9.20. The lowest BCUT2D eigenvalue weighted by Crippen LogP contribution is -2.46. The minimum Gasteiger partial charge on any atom is -0.497 e. The van der Waals surface area contributed by atoms with Crippen molar-refractivity contribution in [2.75, 3.05) is 20.2 Å². The molecule has 1 fully saturated rings. The molecule has 1 aromatic carbocycles. The molecular formula is C20H25N3O4. The van der Waals surface area contributed by atoms with Gasteiger partial charge in [0, 0.05) is 31.6 Å². The fourth-order valence-corrected chi connectivity index (χ4v) is 3.21. The molecule has 0 radical (unpaired) electrons. The molecule has 1 saturated heterocycles. The molecule has 0 atom stereocenters. The number of likely N-dealkylation sites (tertiary alicyclic amines) is 1. The van der Waals surface area contributed by atoms with Gasteiger partial charge in [-0.3, -0.25) is 9.59 Å². The van der Waals surface area contributed by atoms with Gasteiger partial charge in [-0.05, 0) is 43.9 Å². The van der Waals surface area contributed by atoms with Crippen LogP contribution in [0.15, 0.2) is 34.9 Å². The Bertz CT molecular complexity index is 777. The lowest BCUT2D eigenvalue weighted by atomic mass is 10.0. The number of carbonyl (C=O) groups is 2. The van der Waals surface area contributed by atoms with Crippen molar-refractivity contribution in [2.24, 2.45) is 0 Å². The summed E-state index contributed by atoms with van der Waals surface area (Å²) in [6.07, 6.45) is 2.69. The zero-order chi connectivity index (χ0) is 19.2. The number of piperidine rings is 1. The van der Waals surface area contributed by atoms with Crippen LogP contribution in [0.25, 0.3) is 0 Å². The Labute approximate surface area is 158 Å². The average Bonchev–Trinajstić information content (AvgIpc) is 3.13. The molecule has 27 heavy (non-hydrogen) atoms. The van der Waals surface area contributed by atoms with E-state index in [0.717, 1.165) is 24.2 Å². The minimum absolute atomic E-state index is 0.0557. The van der Waals surface area contributed by atoms with Gasteiger partial charge in [0.25, 0.3) is 5.91 Å². The fraction of sp³-hybridized carbons (Fsp3) is 0.450. The average molecular weight is 371 g/mol. The van der Waals surface area contributed by atoms with E-state index in [2.05, 4.69) is 10.5 Å². The van der Waals surface area contributed by atoms with Crippen LogP contribution in [0.4, 0.5) is 0 Å². The summed E-state index contributed by atoms with van der Waals surface area (Å²) in [5, 5.41) is 6.69. The van der Waals surface area contributed by atoms with Gasteiger partial charge in [0.15, 0.2) is 5.69 Å². The van der Waals surface area contributed by atoms with Crippen LogP contribution < -0.4 is 10.1 Å². The predicted octanol–water partition coefficient (Wildman–Crippen LogP) is 2.35. The normalized spacial score (nSPS) is 14.8. The molecule has 0 unspecified atom stereocenters. The van der Waals surface area contributed by atoms with Crippen molar-refractivity contribution < 1.29 is 18.8 Å². The summed E-state index contributed by atoms with van der Waals surface area (Å²) in [4.78, 5) is 26.4. The molecule has 1 aliphatic rings. The zero-order valence-electron chi connectivity index (χ0n) is 15.7. The van der Waals surface area contributed by atoms with Crippen molar-refractivity contribution in [1.29, 1.82) is 0 Å². The molecule has 2 heterocycles. The molecule has 3 rings (SSSR count). The second-order valence-corrected chi connectivity index (χ2v) is 6.80. The van der Waals surface area contributed by atoms with Gasteiger partial charge in [-0.25, -0.2) is 0 Å². The summed E-state index contributed by atoms with van der Waals surface area (Å²) < 4.78 is 10.1. The van der Waals surface area contributed by atoms with Crippen molar-refractivity contribution in [2.45, 2.75) is 38.6 Å².